The molecule has 2 aromatic heterocycles. The number of pyridine rings is 1. The Kier molecular flexibility index (Phi) is 4.52. The lowest BCUT2D eigenvalue weighted by molar-refractivity contribution is 0.0696. The summed E-state index contributed by atoms with van der Waals surface area (Å²) in [7, 11) is 0. The van der Waals surface area contributed by atoms with E-state index in [0.717, 1.165) is 48.6 Å². The van der Waals surface area contributed by atoms with Gasteiger partial charge in [-0.15, -0.1) is 0 Å². The third kappa shape index (κ3) is 3.08. The van der Waals surface area contributed by atoms with Crippen LogP contribution in [0.5, 0.6) is 0 Å². The summed E-state index contributed by atoms with van der Waals surface area (Å²) in [5.74, 6) is -2.07. The predicted octanol–water partition coefficient (Wildman–Crippen LogP) is 5.41. The molecular weight excluding hydrogens is 419 g/mol. The number of carbonyl (C=O) groups is 2. The zero-order valence-electron chi connectivity index (χ0n) is 16.9. The van der Waals surface area contributed by atoms with Crippen molar-refractivity contribution >= 4 is 23.5 Å². The predicted molar refractivity (Wildman–Crippen MR) is 114 cm³/mol. The van der Waals surface area contributed by atoms with E-state index in [1.54, 1.807) is 23.0 Å². The molecule has 158 valence electrons. The van der Waals surface area contributed by atoms with E-state index < -0.39 is 11.8 Å². The molecule has 0 radical (unpaired) electrons. The number of hydrogen-bond acceptors (Lipinski definition) is 3. The van der Waals surface area contributed by atoms with Gasteiger partial charge in [0.25, 0.3) is 5.91 Å². The number of fused-ring (bicyclic) bond motifs is 2. The maximum Gasteiger partial charge on any atom is 0.335 e. The second-order valence-corrected chi connectivity index (χ2v) is 8.82. The Bertz CT molecular complexity index is 1240. The van der Waals surface area contributed by atoms with Crippen LogP contribution in [0, 0.1) is 12.7 Å². The van der Waals surface area contributed by atoms with Crippen LogP contribution >= 0.6 is 11.6 Å². The monoisotopic (exact) mass is 438 g/mol. The first-order valence-electron chi connectivity index (χ1n) is 10.3. The molecule has 2 heterocycles. The minimum absolute atomic E-state index is 0.0276. The maximum absolute atomic E-state index is 15.0. The summed E-state index contributed by atoms with van der Waals surface area (Å²) < 4.78 is 16.6. The maximum atomic E-state index is 15.0. The fourth-order valence-electron chi connectivity index (χ4n) is 4.91. The second-order valence-electron chi connectivity index (χ2n) is 8.47. The van der Waals surface area contributed by atoms with Gasteiger partial charge in [-0.25, -0.2) is 14.2 Å². The standard InChI is InChI=1S/C24H20ClFN2O3/c1-13-6-10-27-21(25)19(13)22(29)28-12-16(15-5-4-14(23(30)31)11-17(15)26)20-18(28)3-2-7-24(20)8-9-24/h4-6,10-12H,2-3,7-9H2,1H3,(H,30,31). The largest absolute Gasteiger partial charge is 0.478 e. The highest BCUT2D eigenvalue weighted by molar-refractivity contribution is 6.33. The number of aryl methyl sites for hydroxylation is 1. The quantitative estimate of drug-likeness (QED) is 0.555. The van der Waals surface area contributed by atoms with Gasteiger partial charge in [0.2, 0.25) is 0 Å². The van der Waals surface area contributed by atoms with Crippen LogP contribution in [0.3, 0.4) is 0 Å². The average Bonchev–Trinajstić information content (AvgIpc) is 3.37. The Morgan fingerprint density at radius 3 is 2.61 bits per heavy atom. The summed E-state index contributed by atoms with van der Waals surface area (Å²) in [6.45, 7) is 1.81. The SMILES string of the molecule is Cc1ccnc(Cl)c1C(=O)n1cc(-c2ccc(C(=O)O)cc2F)c2c1CCCC21CC1. The number of carbonyl (C=O) groups excluding carboxylic acids is 1. The molecule has 7 heteroatoms. The molecule has 5 rings (SSSR count). The van der Waals surface area contributed by atoms with E-state index in [1.165, 1.54) is 12.1 Å². The number of hydrogen-bond donors (Lipinski definition) is 1. The lowest BCUT2D eigenvalue weighted by atomic mass is 9.80. The second kappa shape index (κ2) is 7.02. The first-order valence-corrected chi connectivity index (χ1v) is 10.6. The molecule has 0 aliphatic heterocycles. The van der Waals surface area contributed by atoms with Gasteiger partial charge in [0, 0.05) is 29.2 Å². The molecule has 2 aliphatic carbocycles. The van der Waals surface area contributed by atoms with E-state index in [2.05, 4.69) is 4.98 Å². The minimum Gasteiger partial charge on any atom is -0.478 e. The van der Waals surface area contributed by atoms with E-state index in [-0.39, 0.29) is 22.0 Å². The van der Waals surface area contributed by atoms with Gasteiger partial charge in [-0.2, -0.15) is 0 Å². The van der Waals surface area contributed by atoms with Gasteiger partial charge in [-0.05, 0) is 73.8 Å². The molecule has 2 aliphatic rings. The van der Waals surface area contributed by atoms with Crippen molar-refractivity contribution in [1.82, 2.24) is 9.55 Å². The zero-order valence-corrected chi connectivity index (χ0v) is 17.7. The van der Waals surface area contributed by atoms with Gasteiger partial charge in [0.05, 0.1) is 11.1 Å². The third-order valence-electron chi connectivity index (χ3n) is 6.61. The number of halogens is 2. The lowest BCUT2D eigenvalue weighted by Gasteiger charge is -2.25. The summed E-state index contributed by atoms with van der Waals surface area (Å²) in [4.78, 5) is 28.8. The summed E-state index contributed by atoms with van der Waals surface area (Å²) in [5.41, 5.74) is 3.82. The number of aromatic nitrogens is 2. The Labute approximate surface area is 183 Å². The fraction of sp³-hybridized carbons (Fsp3) is 0.292. The molecule has 31 heavy (non-hydrogen) atoms. The van der Waals surface area contributed by atoms with E-state index in [0.29, 0.717) is 23.1 Å². The van der Waals surface area contributed by atoms with Gasteiger partial charge in [0.1, 0.15) is 11.0 Å². The summed E-state index contributed by atoms with van der Waals surface area (Å²) in [6.07, 6.45) is 7.95. The summed E-state index contributed by atoms with van der Waals surface area (Å²) in [5, 5.41) is 9.32. The van der Waals surface area contributed by atoms with Crippen molar-refractivity contribution in [2.24, 2.45) is 0 Å². The van der Waals surface area contributed by atoms with Crippen LogP contribution in [0.2, 0.25) is 5.15 Å². The van der Waals surface area contributed by atoms with Crippen LogP contribution in [0.25, 0.3) is 11.1 Å². The van der Waals surface area contributed by atoms with Crippen LogP contribution in [0.15, 0.2) is 36.7 Å². The molecule has 0 bridgehead atoms. The number of benzene rings is 1. The zero-order chi connectivity index (χ0) is 21.9. The normalized spacial score (nSPS) is 16.2. The van der Waals surface area contributed by atoms with Crippen LogP contribution in [-0.2, 0) is 11.8 Å². The van der Waals surface area contributed by atoms with Crippen molar-refractivity contribution < 1.29 is 19.1 Å². The first kappa shape index (κ1) is 19.9. The number of nitrogens with zero attached hydrogens (tertiary/aromatic N) is 2. The van der Waals surface area contributed by atoms with Crippen molar-refractivity contribution in [3.05, 3.63) is 75.6 Å². The molecule has 0 atom stereocenters. The summed E-state index contributed by atoms with van der Waals surface area (Å²) in [6, 6.07) is 5.67. The Morgan fingerprint density at radius 2 is 1.97 bits per heavy atom. The number of carboxylic acid groups (broad SMARTS) is 1. The van der Waals surface area contributed by atoms with Gasteiger partial charge in [-0.3, -0.25) is 9.36 Å². The molecule has 3 aromatic rings. The van der Waals surface area contributed by atoms with Gasteiger partial charge < -0.3 is 5.11 Å². The van der Waals surface area contributed by atoms with E-state index in [9.17, 15) is 14.7 Å². The van der Waals surface area contributed by atoms with E-state index >= 15 is 4.39 Å². The Hall–Kier alpha value is -2.99. The highest BCUT2D eigenvalue weighted by atomic mass is 35.5. The van der Waals surface area contributed by atoms with Crippen LogP contribution in [-0.4, -0.2) is 26.5 Å². The van der Waals surface area contributed by atoms with Gasteiger partial charge in [0.15, 0.2) is 0 Å². The Balaban J connectivity index is 1.72. The molecule has 1 saturated carbocycles. The van der Waals surface area contributed by atoms with Crippen LogP contribution < -0.4 is 0 Å². The van der Waals surface area contributed by atoms with E-state index in [1.807, 2.05) is 6.92 Å². The smallest absolute Gasteiger partial charge is 0.335 e. The molecule has 0 amide bonds. The van der Waals surface area contributed by atoms with Crippen molar-refractivity contribution in [2.75, 3.05) is 0 Å². The highest BCUT2D eigenvalue weighted by Crippen LogP contribution is 2.58. The average molecular weight is 439 g/mol. The number of carboxylic acids is 1. The number of rotatable bonds is 3. The van der Waals surface area contributed by atoms with Crippen molar-refractivity contribution in [1.29, 1.82) is 0 Å². The molecule has 1 aromatic carbocycles. The number of aromatic carboxylic acids is 1. The van der Waals surface area contributed by atoms with Crippen molar-refractivity contribution in [3.63, 3.8) is 0 Å². The van der Waals surface area contributed by atoms with Crippen LogP contribution in [0.4, 0.5) is 4.39 Å². The fourth-order valence-corrected chi connectivity index (χ4v) is 5.20. The highest BCUT2D eigenvalue weighted by Gasteiger charge is 2.50. The van der Waals surface area contributed by atoms with E-state index in [4.69, 9.17) is 11.6 Å². The molecule has 1 N–H and O–H groups in total. The molecule has 0 saturated heterocycles. The first-order chi connectivity index (χ1) is 14.8. The minimum atomic E-state index is -1.18. The molecule has 5 nitrogen and oxygen atoms in total. The van der Waals surface area contributed by atoms with Crippen molar-refractivity contribution in [3.8, 4) is 11.1 Å². The van der Waals surface area contributed by atoms with Crippen molar-refractivity contribution in [2.45, 2.75) is 44.4 Å². The molecule has 0 unspecified atom stereocenters. The van der Waals surface area contributed by atoms with Gasteiger partial charge >= 0.3 is 5.97 Å². The lowest BCUT2D eigenvalue weighted by Crippen LogP contribution is -2.22. The Morgan fingerprint density at radius 1 is 1.19 bits per heavy atom. The molecule has 1 fully saturated rings. The van der Waals surface area contributed by atoms with Crippen LogP contribution in [0.1, 0.15) is 63.2 Å². The topological polar surface area (TPSA) is 72.2 Å². The summed E-state index contributed by atoms with van der Waals surface area (Å²) >= 11 is 6.26. The molecular formula is C24H20ClFN2O3. The molecule has 1 spiro atoms. The third-order valence-corrected chi connectivity index (χ3v) is 6.90. The van der Waals surface area contributed by atoms with Gasteiger partial charge in [-0.1, -0.05) is 17.7 Å².